The van der Waals surface area contributed by atoms with Gasteiger partial charge in [-0.1, -0.05) is 37.6 Å². The molecule has 0 saturated carbocycles. The molecule has 0 fully saturated rings. The summed E-state index contributed by atoms with van der Waals surface area (Å²) in [7, 11) is 0. The van der Waals surface area contributed by atoms with Crippen LogP contribution in [0.15, 0.2) is 18.2 Å². The van der Waals surface area contributed by atoms with E-state index in [0.29, 0.717) is 17.9 Å². The van der Waals surface area contributed by atoms with Crippen LogP contribution in [0.5, 0.6) is 0 Å². The lowest BCUT2D eigenvalue weighted by Gasteiger charge is -2.24. The molecule has 1 nitrogen and oxygen atoms in total. The summed E-state index contributed by atoms with van der Waals surface area (Å²) < 4.78 is 13.7. The molecule has 1 rings (SSSR count). The molecular weight excluding hydrogens is 227 g/mol. The Balaban J connectivity index is 2.90. The summed E-state index contributed by atoms with van der Waals surface area (Å²) in [5.41, 5.74) is 0.576. The zero-order chi connectivity index (χ0) is 12.3. The van der Waals surface area contributed by atoms with E-state index in [1.807, 2.05) is 13.8 Å². The highest BCUT2D eigenvalue weighted by molar-refractivity contribution is 6.30. The van der Waals surface area contributed by atoms with Crippen molar-refractivity contribution in [3.05, 3.63) is 34.6 Å². The van der Waals surface area contributed by atoms with Crippen molar-refractivity contribution in [3.8, 4) is 0 Å². The van der Waals surface area contributed by atoms with E-state index >= 15 is 0 Å². The zero-order valence-corrected chi connectivity index (χ0v) is 10.6. The highest BCUT2D eigenvalue weighted by Crippen LogP contribution is 2.25. The van der Waals surface area contributed by atoms with Crippen molar-refractivity contribution >= 4 is 11.6 Å². The van der Waals surface area contributed by atoms with Crippen molar-refractivity contribution in [1.82, 2.24) is 0 Å². The molecule has 1 N–H and O–H groups in total. The van der Waals surface area contributed by atoms with Gasteiger partial charge in [0.25, 0.3) is 0 Å². The molecule has 0 spiro atoms. The number of hydrogen-bond acceptors (Lipinski definition) is 1. The molecular formula is C13H18ClFO. The Morgan fingerprint density at radius 1 is 1.31 bits per heavy atom. The lowest BCUT2D eigenvalue weighted by atomic mass is 9.85. The van der Waals surface area contributed by atoms with Crippen LogP contribution in [0, 0.1) is 17.7 Å². The van der Waals surface area contributed by atoms with E-state index in [0.717, 1.165) is 0 Å². The first-order valence-electron chi connectivity index (χ1n) is 5.54. The standard InChI is InChI=1S/C13H18ClFO/c1-8(2)11(9(3)16)7-10-5-4-6-12(14)13(10)15/h4-6,8-9,11,16H,7H2,1-3H3. The maximum Gasteiger partial charge on any atom is 0.144 e. The Hall–Kier alpha value is -0.600. The van der Waals surface area contributed by atoms with Crippen LogP contribution in [0.2, 0.25) is 5.02 Å². The molecule has 0 aliphatic carbocycles. The van der Waals surface area contributed by atoms with Crippen LogP contribution in [0.25, 0.3) is 0 Å². The molecule has 90 valence electrons. The molecule has 0 amide bonds. The van der Waals surface area contributed by atoms with Crippen molar-refractivity contribution in [2.75, 3.05) is 0 Å². The normalized spacial score (nSPS) is 15.2. The number of rotatable bonds is 4. The van der Waals surface area contributed by atoms with Gasteiger partial charge in [0.1, 0.15) is 5.82 Å². The average Bonchev–Trinajstić information content (AvgIpc) is 2.19. The fraction of sp³-hybridized carbons (Fsp3) is 0.538. The Kier molecular flexibility index (Phi) is 4.75. The van der Waals surface area contributed by atoms with Gasteiger partial charge in [-0.3, -0.25) is 0 Å². The second-order valence-electron chi connectivity index (χ2n) is 4.57. The molecule has 3 heteroatoms. The third kappa shape index (κ3) is 3.19. The van der Waals surface area contributed by atoms with Gasteiger partial charge >= 0.3 is 0 Å². The van der Waals surface area contributed by atoms with Crippen LogP contribution < -0.4 is 0 Å². The molecule has 0 heterocycles. The molecule has 1 aromatic carbocycles. The first-order valence-corrected chi connectivity index (χ1v) is 5.92. The van der Waals surface area contributed by atoms with Gasteiger partial charge < -0.3 is 5.11 Å². The van der Waals surface area contributed by atoms with Gasteiger partial charge in [-0.2, -0.15) is 0 Å². The largest absolute Gasteiger partial charge is 0.393 e. The van der Waals surface area contributed by atoms with Crippen molar-refractivity contribution in [1.29, 1.82) is 0 Å². The third-order valence-corrected chi connectivity index (χ3v) is 3.26. The van der Waals surface area contributed by atoms with Crippen LogP contribution >= 0.6 is 11.6 Å². The van der Waals surface area contributed by atoms with E-state index in [1.165, 1.54) is 6.07 Å². The van der Waals surface area contributed by atoms with Gasteiger partial charge in [0.15, 0.2) is 0 Å². The number of hydrogen-bond donors (Lipinski definition) is 1. The summed E-state index contributed by atoms with van der Waals surface area (Å²) in [5, 5.41) is 9.79. The highest BCUT2D eigenvalue weighted by atomic mass is 35.5. The first kappa shape index (κ1) is 13.5. The number of benzene rings is 1. The van der Waals surface area contributed by atoms with Crippen LogP contribution in [-0.4, -0.2) is 11.2 Å². The van der Waals surface area contributed by atoms with Gasteiger partial charge in [-0.15, -0.1) is 0 Å². The van der Waals surface area contributed by atoms with E-state index in [1.54, 1.807) is 19.1 Å². The molecule has 2 unspecified atom stereocenters. The number of halogens is 2. The van der Waals surface area contributed by atoms with Crippen molar-refractivity contribution in [3.63, 3.8) is 0 Å². The second-order valence-corrected chi connectivity index (χ2v) is 4.97. The molecule has 0 saturated heterocycles. The molecule has 0 radical (unpaired) electrons. The Morgan fingerprint density at radius 2 is 1.94 bits per heavy atom. The summed E-state index contributed by atoms with van der Waals surface area (Å²) >= 11 is 5.72. The van der Waals surface area contributed by atoms with E-state index in [-0.39, 0.29) is 16.8 Å². The highest BCUT2D eigenvalue weighted by Gasteiger charge is 2.21. The smallest absolute Gasteiger partial charge is 0.144 e. The summed E-state index contributed by atoms with van der Waals surface area (Å²) in [6.07, 6.45) is 0.0697. The number of aliphatic hydroxyl groups is 1. The van der Waals surface area contributed by atoms with Gasteiger partial charge in [0, 0.05) is 0 Å². The van der Waals surface area contributed by atoms with Crippen LogP contribution in [0.3, 0.4) is 0 Å². The Morgan fingerprint density at radius 3 is 2.44 bits per heavy atom. The fourth-order valence-electron chi connectivity index (χ4n) is 1.92. The Bertz CT molecular complexity index is 342. The van der Waals surface area contributed by atoms with Crippen LogP contribution in [0.4, 0.5) is 4.39 Å². The topological polar surface area (TPSA) is 20.2 Å². The summed E-state index contributed by atoms with van der Waals surface area (Å²) in [6, 6.07) is 4.99. The maximum absolute atomic E-state index is 13.7. The fourth-order valence-corrected chi connectivity index (χ4v) is 2.12. The van der Waals surface area contributed by atoms with E-state index in [4.69, 9.17) is 11.6 Å². The average molecular weight is 245 g/mol. The lowest BCUT2D eigenvalue weighted by Crippen LogP contribution is -2.24. The second kappa shape index (κ2) is 5.65. The van der Waals surface area contributed by atoms with Gasteiger partial charge in [0.2, 0.25) is 0 Å². The minimum atomic E-state index is -0.446. The predicted molar refractivity (Wildman–Crippen MR) is 65.1 cm³/mol. The van der Waals surface area contributed by atoms with Gasteiger partial charge in [0.05, 0.1) is 11.1 Å². The Labute approximate surface area is 101 Å². The lowest BCUT2D eigenvalue weighted by molar-refractivity contribution is 0.0971. The minimum absolute atomic E-state index is 0.0490. The molecule has 0 bridgehead atoms. The summed E-state index contributed by atoms with van der Waals surface area (Å²) in [5.74, 6) is -0.0122. The molecule has 0 aliphatic heterocycles. The molecule has 1 aromatic rings. The molecule has 2 atom stereocenters. The maximum atomic E-state index is 13.7. The van der Waals surface area contributed by atoms with E-state index in [9.17, 15) is 9.50 Å². The van der Waals surface area contributed by atoms with Gasteiger partial charge in [-0.25, -0.2) is 4.39 Å². The van der Waals surface area contributed by atoms with Gasteiger partial charge in [-0.05, 0) is 36.8 Å². The zero-order valence-electron chi connectivity index (χ0n) is 9.87. The van der Waals surface area contributed by atoms with E-state index in [2.05, 4.69) is 0 Å². The van der Waals surface area contributed by atoms with Crippen molar-refractivity contribution in [2.45, 2.75) is 33.3 Å². The predicted octanol–water partition coefficient (Wildman–Crippen LogP) is 3.67. The quantitative estimate of drug-likeness (QED) is 0.857. The van der Waals surface area contributed by atoms with Crippen LogP contribution in [-0.2, 0) is 6.42 Å². The van der Waals surface area contributed by atoms with Crippen molar-refractivity contribution in [2.24, 2.45) is 11.8 Å². The number of aliphatic hydroxyl groups excluding tert-OH is 1. The van der Waals surface area contributed by atoms with E-state index < -0.39 is 6.10 Å². The molecule has 0 aromatic heterocycles. The third-order valence-electron chi connectivity index (χ3n) is 2.96. The first-order chi connectivity index (χ1) is 7.43. The van der Waals surface area contributed by atoms with Crippen molar-refractivity contribution < 1.29 is 9.50 Å². The minimum Gasteiger partial charge on any atom is -0.393 e. The monoisotopic (exact) mass is 244 g/mol. The molecule has 16 heavy (non-hydrogen) atoms. The summed E-state index contributed by atoms with van der Waals surface area (Å²) in [4.78, 5) is 0. The summed E-state index contributed by atoms with van der Waals surface area (Å²) in [6.45, 7) is 5.80. The van der Waals surface area contributed by atoms with Crippen LogP contribution in [0.1, 0.15) is 26.3 Å². The SMILES string of the molecule is CC(C)C(Cc1cccc(Cl)c1F)C(C)O. The molecule has 0 aliphatic rings.